The Morgan fingerprint density at radius 2 is 1.77 bits per heavy atom. The maximum absolute atomic E-state index is 12.0. The molecule has 1 aromatic heterocycles. The number of rotatable bonds is 4. The molecule has 0 fully saturated rings. The molecule has 0 atom stereocenters. The first-order valence-electron chi connectivity index (χ1n) is 6.85. The first-order chi connectivity index (χ1) is 10.7. The van der Waals surface area contributed by atoms with Crippen LogP contribution in [0.1, 0.15) is 15.9 Å². The van der Waals surface area contributed by atoms with E-state index in [2.05, 4.69) is 10.4 Å². The molecule has 1 amide bonds. The molecule has 2 aromatic carbocycles. The van der Waals surface area contributed by atoms with Gasteiger partial charge >= 0.3 is 0 Å². The van der Waals surface area contributed by atoms with E-state index in [9.17, 15) is 4.79 Å². The quantitative estimate of drug-likeness (QED) is 0.796. The van der Waals surface area contributed by atoms with Gasteiger partial charge in [-0.05, 0) is 29.8 Å². The fraction of sp³-hybridized carbons (Fsp3) is 0.0588. The fourth-order valence-corrected chi connectivity index (χ4v) is 2.20. The number of hydrogen-bond donors (Lipinski definition) is 1. The fourth-order valence-electron chi connectivity index (χ4n) is 2.07. The van der Waals surface area contributed by atoms with Crippen LogP contribution in [0.3, 0.4) is 0 Å². The predicted molar refractivity (Wildman–Crippen MR) is 87.2 cm³/mol. The average Bonchev–Trinajstić information content (AvgIpc) is 2.97. The van der Waals surface area contributed by atoms with E-state index in [4.69, 9.17) is 11.6 Å². The molecule has 0 aliphatic carbocycles. The van der Waals surface area contributed by atoms with Crippen molar-refractivity contribution in [3.05, 3.63) is 83.0 Å². The monoisotopic (exact) mass is 311 g/mol. The van der Waals surface area contributed by atoms with E-state index in [1.165, 1.54) is 0 Å². The van der Waals surface area contributed by atoms with Crippen LogP contribution in [-0.2, 0) is 6.54 Å². The molecule has 0 saturated heterocycles. The van der Waals surface area contributed by atoms with Gasteiger partial charge in [-0.1, -0.05) is 41.9 Å². The lowest BCUT2D eigenvalue weighted by atomic mass is 10.2. The van der Waals surface area contributed by atoms with Gasteiger partial charge in [-0.25, -0.2) is 0 Å². The summed E-state index contributed by atoms with van der Waals surface area (Å²) in [5.41, 5.74) is 1.70. The molecule has 110 valence electrons. The van der Waals surface area contributed by atoms with Gasteiger partial charge in [-0.3, -0.25) is 9.48 Å². The SMILES string of the molecule is O=C(Nc1ccn(Cc2ccc(Cl)cc2)n1)c1ccccc1. The summed E-state index contributed by atoms with van der Waals surface area (Å²) in [7, 11) is 0. The van der Waals surface area contributed by atoms with Crippen LogP contribution >= 0.6 is 11.6 Å². The van der Waals surface area contributed by atoms with Gasteiger partial charge in [-0.2, -0.15) is 5.10 Å². The first-order valence-corrected chi connectivity index (χ1v) is 7.23. The first kappa shape index (κ1) is 14.4. The molecule has 5 heteroatoms. The summed E-state index contributed by atoms with van der Waals surface area (Å²) in [5.74, 6) is 0.361. The van der Waals surface area contributed by atoms with Crippen LogP contribution in [-0.4, -0.2) is 15.7 Å². The van der Waals surface area contributed by atoms with Crippen LogP contribution in [0.25, 0.3) is 0 Å². The minimum absolute atomic E-state index is 0.169. The highest BCUT2D eigenvalue weighted by Crippen LogP contribution is 2.12. The van der Waals surface area contributed by atoms with Gasteiger partial charge < -0.3 is 5.32 Å². The summed E-state index contributed by atoms with van der Waals surface area (Å²) in [6.07, 6.45) is 1.83. The van der Waals surface area contributed by atoms with E-state index in [1.807, 2.05) is 48.7 Å². The Bertz CT molecular complexity index is 766. The number of benzene rings is 2. The van der Waals surface area contributed by atoms with Crippen molar-refractivity contribution >= 4 is 23.3 Å². The number of anilines is 1. The van der Waals surface area contributed by atoms with Gasteiger partial charge in [0.2, 0.25) is 0 Å². The van der Waals surface area contributed by atoms with Gasteiger partial charge in [0.05, 0.1) is 6.54 Å². The molecule has 1 heterocycles. The largest absolute Gasteiger partial charge is 0.305 e. The Morgan fingerprint density at radius 1 is 1.05 bits per heavy atom. The minimum atomic E-state index is -0.169. The summed E-state index contributed by atoms with van der Waals surface area (Å²) in [5, 5.41) is 7.84. The number of carbonyl (C=O) groups is 1. The third kappa shape index (κ3) is 3.54. The number of nitrogens with one attached hydrogen (secondary N) is 1. The van der Waals surface area contributed by atoms with Crippen LogP contribution in [0, 0.1) is 0 Å². The van der Waals surface area contributed by atoms with Crippen LogP contribution in [0.15, 0.2) is 66.9 Å². The van der Waals surface area contributed by atoms with Crippen molar-refractivity contribution in [3.8, 4) is 0 Å². The Hall–Kier alpha value is -2.59. The topological polar surface area (TPSA) is 46.9 Å². The smallest absolute Gasteiger partial charge is 0.256 e. The van der Waals surface area contributed by atoms with Crippen molar-refractivity contribution in [2.24, 2.45) is 0 Å². The number of halogens is 1. The number of hydrogen-bond acceptors (Lipinski definition) is 2. The second-order valence-electron chi connectivity index (χ2n) is 4.85. The summed E-state index contributed by atoms with van der Waals surface area (Å²) in [6.45, 7) is 0.623. The second kappa shape index (κ2) is 6.45. The van der Waals surface area contributed by atoms with E-state index in [0.717, 1.165) is 5.56 Å². The number of aromatic nitrogens is 2. The van der Waals surface area contributed by atoms with Crippen molar-refractivity contribution in [2.75, 3.05) is 5.32 Å². The number of carbonyl (C=O) groups excluding carboxylic acids is 1. The lowest BCUT2D eigenvalue weighted by Gasteiger charge is -2.03. The summed E-state index contributed by atoms with van der Waals surface area (Å²) in [6, 6.07) is 18.4. The molecule has 0 bridgehead atoms. The van der Waals surface area contributed by atoms with Crippen molar-refractivity contribution in [1.82, 2.24) is 9.78 Å². The number of nitrogens with zero attached hydrogens (tertiary/aromatic N) is 2. The molecular formula is C17H14ClN3O. The maximum Gasteiger partial charge on any atom is 0.256 e. The van der Waals surface area contributed by atoms with Crippen LogP contribution < -0.4 is 5.32 Å². The molecule has 3 rings (SSSR count). The minimum Gasteiger partial charge on any atom is -0.305 e. The van der Waals surface area contributed by atoms with E-state index in [-0.39, 0.29) is 5.91 Å². The molecule has 0 aliphatic heterocycles. The Kier molecular flexibility index (Phi) is 4.21. The molecule has 0 radical (unpaired) electrons. The van der Waals surface area contributed by atoms with Crippen molar-refractivity contribution in [3.63, 3.8) is 0 Å². The third-order valence-corrected chi connectivity index (χ3v) is 3.43. The van der Waals surface area contributed by atoms with Crippen LogP contribution in [0.5, 0.6) is 0 Å². The predicted octanol–water partition coefficient (Wildman–Crippen LogP) is 3.84. The third-order valence-electron chi connectivity index (χ3n) is 3.18. The normalized spacial score (nSPS) is 10.4. The Labute approximate surface area is 133 Å². The zero-order valence-electron chi connectivity index (χ0n) is 11.7. The molecule has 0 saturated carbocycles. The summed E-state index contributed by atoms with van der Waals surface area (Å²) >= 11 is 5.86. The molecule has 22 heavy (non-hydrogen) atoms. The highest BCUT2D eigenvalue weighted by atomic mass is 35.5. The molecular weight excluding hydrogens is 298 g/mol. The Balaban J connectivity index is 1.66. The lowest BCUT2D eigenvalue weighted by molar-refractivity contribution is 0.102. The number of amides is 1. The summed E-state index contributed by atoms with van der Waals surface area (Å²) in [4.78, 5) is 12.0. The van der Waals surface area contributed by atoms with Gasteiger partial charge in [0, 0.05) is 22.8 Å². The highest BCUT2D eigenvalue weighted by molar-refractivity contribution is 6.30. The van der Waals surface area contributed by atoms with Crippen molar-refractivity contribution in [2.45, 2.75) is 6.54 Å². The average molecular weight is 312 g/mol. The molecule has 0 spiro atoms. The van der Waals surface area contributed by atoms with Gasteiger partial charge in [0.1, 0.15) is 0 Å². The molecule has 3 aromatic rings. The van der Waals surface area contributed by atoms with Gasteiger partial charge in [0.25, 0.3) is 5.91 Å². The van der Waals surface area contributed by atoms with E-state index < -0.39 is 0 Å². The molecule has 1 N–H and O–H groups in total. The molecule has 0 aliphatic rings. The molecule has 4 nitrogen and oxygen atoms in total. The van der Waals surface area contributed by atoms with Crippen LogP contribution in [0.4, 0.5) is 5.82 Å². The zero-order valence-corrected chi connectivity index (χ0v) is 12.5. The van der Waals surface area contributed by atoms with Gasteiger partial charge in [-0.15, -0.1) is 0 Å². The highest BCUT2D eigenvalue weighted by Gasteiger charge is 2.07. The van der Waals surface area contributed by atoms with E-state index in [1.54, 1.807) is 22.9 Å². The molecule has 0 unspecified atom stereocenters. The zero-order chi connectivity index (χ0) is 15.4. The lowest BCUT2D eigenvalue weighted by Crippen LogP contribution is -2.12. The van der Waals surface area contributed by atoms with Crippen LogP contribution in [0.2, 0.25) is 5.02 Å². The maximum atomic E-state index is 12.0. The Morgan fingerprint density at radius 3 is 2.50 bits per heavy atom. The van der Waals surface area contributed by atoms with Crippen molar-refractivity contribution < 1.29 is 4.79 Å². The van der Waals surface area contributed by atoms with Crippen molar-refractivity contribution in [1.29, 1.82) is 0 Å². The van der Waals surface area contributed by atoms with Gasteiger partial charge in [0.15, 0.2) is 5.82 Å². The van der Waals surface area contributed by atoms with E-state index in [0.29, 0.717) is 22.9 Å². The summed E-state index contributed by atoms with van der Waals surface area (Å²) < 4.78 is 1.77. The second-order valence-corrected chi connectivity index (χ2v) is 5.28. The van der Waals surface area contributed by atoms with E-state index >= 15 is 0 Å². The standard InChI is InChI=1S/C17H14ClN3O/c18-15-8-6-13(7-9-15)12-21-11-10-16(20-21)19-17(22)14-4-2-1-3-5-14/h1-11H,12H2,(H,19,20,22).